The molecule has 2 N–H and O–H groups in total. The number of benzene rings is 1. The summed E-state index contributed by atoms with van der Waals surface area (Å²) in [4.78, 5) is 0. The highest BCUT2D eigenvalue weighted by atomic mass is 79.9. The first kappa shape index (κ1) is 19.8. The normalized spacial score (nSPS) is 11.1. The molecule has 2 nitrogen and oxygen atoms in total. The molecule has 0 aliphatic heterocycles. The summed E-state index contributed by atoms with van der Waals surface area (Å²) in [5.74, 6) is 0.00624. The molecule has 0 atom stereocenters. The van der Waals surface area contributed by atoms with Crippen LogP contribution in [0.25, 0.3) is 0 Å². The van der Waals surface area contributed by atoms with Crippen LogP contribution in [0.5, 0.6) is 11.5 Å². The van der Waals surface area contributed by atoms with Crippen LogP contribution in [0.2, 0.25) is 0 Å². The van der Waals surface area contributed by atoms with Crippen molar-refractivity contribution in [1.29, 1.82) is 0 Å². The lowest BCUT2D eigenvalue weighted by Gasteiger charge is -2.17. The fourth-order valence-corrected chi connectivity index (χ4v) is 3.80. The lowest BCUT2D eigenvalue weighted by molar-refractivity contribution is 0.394. The summed E-state index contributed by atoms with van der Waals surface area (Å²) in [7, 11) is 0. The van der Waals surface area contributed by atoms with Gasteiger partial charge < -0.3 is 10.2 Å². The number of phenols is 2. The Labute approximate surface area is 151 Å². The highest BCUT2D eigenvalue weighted by molar-refractivity contribution is 9.13. The minimum Gasteiger partial charge on any atom is -0.504 e. The molecule has 1 aromatic rings. The summed E-state index contributed by atoms with van der Waals surface area (Å²) in [6.45, 7) is 4.40. The first-order valence-electron chi connectivity index (χ1n) is 8.45. The molecule has 126 valence electrons. The summed E-state index contributed by atoms with van der Waals surface area (Å²) >= 11 is 6.96. The second-order valence-corrected chi connectivity index (χ2v) is 7.49. The Hall–Kier alpha value is -0.220. The van der Waals surface area contributed by atoms with Gasteiger partial charge in [0, 0.05) is 10.0 Å². The number of hydrogen-bond donors (Lipinski definition) is 2. The summed E-state index contributed by atoms with van der Waals surface area (Å²) in [6, 6.07) is 0. The molecule has 4 heteroatoms. The Morgan fingerprint density at radius 1 is 0.636 bits per heavy atom. The summed E-state index contributed by atoms with van der Waals surface area (Å²) in [5, 5.41) is 20.4. The van der Waals surface area contributed by atoms with Crippen LogP contribution >= 0.6 is 31.9 Å². The van der Waals surface area contributed by atoms with Gasteiger partial charge in [0.1, 0.15) is 0 Å². The summed E-state index contributed by atoms with van der Waals surface area (Å²) in [6.07, 6.45) is 11.2. The van der Waals surface area contributed by atoms with Crippen molar-refractivity contribution in [2.45, 2.75) is 78.1 Å². The number of aromatic hydroxyl groups is 2. The maximum absolute atomic E-state index is 10.3. The maximum Gasteiger partial charge on any atom is 0.173 e. The molecule has 22 heavy (non-hydrogen) atoms. The van der Waals surface area contributed by atoms with E-state index < -0.39 is 0 Å². The van der Waals surface area contributed by atoms with E-state index in [1.54, 1.807) is 0 Å². The van der Waals surface area contributed by atoms with E-state index in [1.165, 1.54) is 38.5 Å². The fourth-order valence-electron chi connectivity index (χ4n) is 2.75. The van der Waals surface area contributed by atoms with Crippen molar-refractivity contribution in [2.24, 2.45) is 0 Å². The van der Waals surface area contributed by atoms with Gasteiger partial charge in [-0.1, -0.05) is 52.4 Å². The first-order chi connectivity index (χ1) is 10.5. The molecule has 0 amide bonds. The molecule has 0 radical (unpaired) electrons. The smallest absolute Gasteiger partial charge is 0.173 e. The molecule has 1 rings (SSSR count). The average molecular weight is 436 g/mol. The quantitative estimate of drug-likeness (QED) is 0.311. The van der Waals surface area contributed by atoms with Gasteiger partial charge in [-0.25, -0.2) is 0 Å². The fraction of sp³-hybridized carbons (Fsp3) is 0.667. The molecule has 0 aliphatic carbocycles. The second-order valence-electron chi connectivity index (χ2n) is 5.90. The SMILES string of the molecule is CCCCCCc1c(O)c(O)c(Br)c(Br)c1CCCCCC. The molecule has 0 saturated heterocycles. The van der Waals surface area contributed by atoms with Gasteiger partial charge in [-0.2, -0.15) is 0 Å². The predicted octanol–water partition coefficient (Wildman–Crippen LogP) is 6.87. The standard InChI is InChI=1S/C18H28Br2O2/c1-3-5-7-9-11-13-14(12-10-8-6-4-2)17(21)18(22)16(20)15(13)19/h21-22H,3-12H2,1-2H3. The predicted molar refractivity (Wildman–Crippen MR) is 101 cm³/mol. The Bertz CT molecular complexity index is 430. The van der Waals surface area contributed by atoms with Crippen LogP contribution in [-0.2, 0) is 12.8 Å². The van der Waals surface area contributed by atoms with Crippen LogP contribution < -0.4 is 0 Å². The van der Waals surface area contributed by atoms with Gasteiger partial charge in [0.15, 0.2) is 11.5 Å². The molecule has 0 saturated carbocycles. The van der Waals surface area contributed by atoms with Crippen molar-refractivity contribution < 1.29 is 10.2 Å². The zero-order chi connectivity index (χ0) is 16.5. The van der Waals surface area contributed by atoms with E-state index in [1.807, 2.05) is 0 Å². The van der Waals surface area contributed by atoms with Gasteiger partial charge in [-0.15, -0.1) is 0 Å². The average Bonchev–Trinajstić information content (AvgIpc) is 2.52. The largest absolute Gasteiger partial charge is 0.504 e. The van der Waals surface area contributed by atoms with Crippen LogP contribution in [0.4, 0.5) is 0 Å². The molecule has 0 fully saturated rings. The number of unbranched alkanes of at least 4 members (excludes halogenated alkanes) is 6. The molecule has 0 bridgehead atoms. The molecular formula is C18H28Br2O2. The molecule has 0 spiro atoms. The molecule has 1 aromatic carbocycles. The molecule has 0 heterocycles. The van der Waals surface area contributed by atoms with E-state index in [4.69, 9.17) is 0 Å². The van der Waals surface area contributed by atoms with E-state index in [2.05, 4.69) is 45.7 Å². The van der Waals surface area contributed by atoms with E-state index in [0.717, 1.165) is 41.3 Å². The topological polar surface area (TPSA) is 40.5 Å². The zero-order valence-corrected chi connectivity index (χ0v) is 16.9. The first-order valence-corrected chi connectivity index (χ1v) is 10.0. The van der Waals surface area contributed by atoms with Gasteiger partial charge in [-0.05, 0) is 63.1 Å². The lowest BCUT2D eigenvalue weighted by Crippen LogP contribution is -1.99. The molecule has 0 unspecified atom stereocenters. The Kier molecular flexibility index (Phi) is 9.49. The molecule has 0 aromatic heterocycles. The number of phenolic OH excluding ortho intramolecular Hbond substituents is 2. The van der Waals surface area contributed by atoms with Crippen molar-refractivity contribution in [1.82, 2.24) is 0 Å². The summed E-state index contributed by atoms with van der Waals surface area (Å²) < 4.78 is 1.46. The monoisotopic (exact) mass is 434 g/mol. The zero-order valence-electron chi connectivity index (χ0n) is 13.7. The van der Waals surface area contributed by atoms with Gasteiger partial charge >= 0.3 is 0 Å². The number of rotatable bonds is 10. The molecule has 0 aliphatic rings. The van der Waals surface area contributed by atoms with Crippen molar-refractivity contribution >= 4 is 31.9 Å². The minimum atomic E-state index is -0.0466. The van der Waals surface area contributed by atoms with Crippen LogP contribution in [0, 0.1) is 0 Å². The van der Waals surface area contributed by atoms with E-state index >= 15 is 0 Å². The Balaban J connectivity index is 2.93. The summed E-state index contributed by atoms with van der Waals surface area (Å²) in [5.41, 5.74) is 2.06. The third-order valence-electron chi connectivity index (χ3n) is 4.10. The van der Waals surface area contributed by atoms with Gasteiger partial charge in [0.2, 0.25) is 0 Å². The van der Waals surface area contributed by atoms with Gasteiger partial charge in [0.05, 0.1) is 4.47 Å². The highest BCUT2D eigenvalue weighted by Crippen LogP contribution is 2.45. The van der Waals surface area contributed by atoms with Crippen molar-refractivity contribution in [3.63, 3.8) is 0 Å². The second kappa shape index (κ2) is 10.5. The van der Waals surface area contributed by atoms with E-state index in [0.29, 0.717) is 4.47 Å². The molecular weight excluding hydrogens is 408 g/mol. The third-order valence-corrected chi connectivity index (χ3v) is 6.28. The lowest BCUT2D eigenvalue weighted by atomic mass is 9.95. The van der Waals surface area contributed by atoms with Gasteiger partial charge in [-0.3, -0.25) is 0 Å². The van der Waals surface area contributed by atoms with Crippen LogP contribution in [-0.4, -0.2) is 10.2 Å². The van der Waals surface area contributed by atoms with E-state index in [-0.39, 0.29) is 11.5 Å². The third kappa shape index (κ3) is 5.45. The van der Waals surface area contributed by atoms with Crippen LogP contribution in [0.3, 0.4) is 0 Å². The van der Waals surface area contributed by atoms with E-state index in [9.17, 15) is 10.2 Å². The Morgan fingerprint density at radius 2 is 1.14 bits per heavy atom. The Morgan fingerprint density at radius 3 is 1.64 bits per heavy atom. The van der Waals surface area contributed by atoms with Crippen molar-refractivity contribution in [3.8, 4) is 11.5 Å². The van der Waals surface area contributed by atoms with Crippen molar-refractivity contribution in [3.05, 3.63) is 20.1 Å². The minimum absolute atomic E-state index is 0.0466. The van der Waals surface area contributed by atoms with Crippen LogP contribution in [0.15, 0.2) is 8.95 Å². The maximum atomic E-state index is 10.3. The van der Waals surface area contributed by atoms with Crippen molar-refractivity contribution in [2.75, 3.05) is 0 Å². The number of halogens is 2. The number of hydrogen-bond acceptors (Lipinski definition) is 2. The van der Waals surface area contributed by atoms with Crippen LogP contribution in [0.1, 0.15) is 76.3 Å². The highest BCUT2D eigenvalue weighted by Gasteiger charge is 2.20. The van der Waals surface area contributed by atoms with Gasteiger partial charge in [0.25, 0.3) is 0 Å².